The zero-order chi connectivity index (χ0) is 28.3. The Bertz CT molecular complexity index is 1300. The number of halogens is 1. The van der Waals surface area contributed by atoms with Crippen LogP contribution in [0, 0.1) is 11.2 Å². The molecule has 1 aromatic carbocycles. The highest BCUT2D eigenvalue weighted by Gasteiger charge is 2.43. The van der Waals surface area contributed by atoms with Crippen molar-refractivity contribution < 1.29 is 18.7 Å². The van der Waals surface area contributed by atoms with Gasteiger partial charge in [-0.3, -0.25) is 4.79 Å². The topological polar surface area (TPSA) is 112 Å². The van der Waals surface area contributed by atoms with Crippen LogP contribution in [-0.4, -0.2) is 114 Å². The van der Waals surface area contributed by atoms with Crippen molar-refractivity contribution in [2.75, 3.05) is 78.9 Å². The summed E-state index contributed by atoms with van der Waals surface area (Å²) in [7, 11) is 6.06. The number of aromatic nitrogens is 4. The van der Waals surface area contributed by atoms with E-state index in [1.54, 1.807) is 24.4 Å². The molecular formula is C28H37FN8O3. The number of benzene rings is 1. The number of carbonyl (C=O) groups is 1. The number of nitrogens with zero attached hydrogens (tertiary/aromatic N) is 6. The van der Waals surface area contributed by atoms with E-state index in [-0.39, 0.29) is 24.9 Å². The molecule has 2 fully saturated rings. The minimum atomic E-state index is -0.791. The summed E-state index contributed by atoms with van der Waals surface area (Å²) >= 11 is 0. The van der Waals surface area contributed by atoms with Crippen molar-refractivity contribution in [3.63, 3.8) is 0 Å². The highest BCUT2D eigenvalue weighted by Crippen LogP contribution is 2.36. The van der Waals surface area contributed by atoms with Crippen LogP contribution in [-0.2, 0) is 14.3 Å². The average Bonchev–Trinajstić information content (AvgIpc) is 3.39. The summed E-state index contributed by atoms with van der Waals surface area (Å²) in [5.41, 5.74) is 1.77. The molecule has 40 heavy (non-hydrogen) atoms. The van der Waals surface area contributed by atoms with Crippen LogP contribution in [0.4, 0.5) is 10.3 Å². The number of ether oxygens (including phenoxy) is 2. The Hall–Kier alpha value is -3.45. The molecule has 2 N–H and O–H groups in total. The van der Waals surface area contributed by atoms with Gasteiger partial charge in [-0.05, 0) is 58.4 Å². The predicted molar refractivity (Wildman–Crippen MR) is 149 cm³/mol. The van der Waals surface area contributed by atoms with Gasteiger partial charge in [0.25, 0.3) is 0 Å². The lowest BCUT2D eigenvalue weighted by Crippen LogP contribution is -2.55. The molecule has 1 amide bonds. The number of piperazine rings is 1. The van der Waals surface area contributed by atoms with Crippen LogP contribution >= 0.6 is 0 Å². The second-order valence-electron chi connectivity index (χ2n) is 11.0. The molecule has 0 aliphatic carbocycles. The van der Waals surface area contributed by atoms with E-state index in [4.69, 9.17) is 14.5 Å². The van der Waals surface area contributed by atoms with Gasteiger partial charge in [0.2, 0.25) is 18.1 Å². The lowest BCUT2D eigenvalue weighted by atomic mass is 9.90. The van der Waals surface area contributed by atoms with E-state index in [0.717, 1.165) is 19.6 Å². The maximum absolute atomic E-state index is 13.7. The van der Waals surface area contributed by atoms with Crippen LogP contribution in [0.25, 0.3) is 22.6 Å². The molecule has 214 valence electrons. The molecule has 0 bridgehead atoms. The van der Waals surface area contributed by atoms with Gasteiger partial charge in [0, 0.05) is 51.0 Å². The fraction of sp³-hybridized carbons (Fsp3) is 0.500. The molecule has 0 spiro atoms. The normalized spacial score (nSPS) is 22.1. The molecule has 5 rings (SSSR count). The first-order valence-corrected chi connectivity index (χ1v) is 13.5. The van der Waals surface area contributed by atoms with Crippen LogP contribution in [0.3, 0.4) is 0 Å². The Morgan fingerprint density at radius 1 is 1.12 bits per heavy atom. The van der Waals surface area contributed by atoms with Gasteiger partial charge in [0.15, 0.2) is 5.82 Å². The molecule has 0 saturated carbocycles. The zero-order valence-electron chi connectivity index (χ0n) is 23.5. The number of H-pyrrole nitrogens is 1. The average molecular weight is 553 g/mol. The minimum Gasteiger partial charge on any atom is -0.353 e. The monoisotopic (exact) mass is 552 g/mol. The van der Waals surface area contributed by atoms with Crippen molar-refractivity contribution in [2.24, 2.45) is 5.41 Å². The van der Waals surface area contributed by atoms with Crippen molar-refractivity contribution >= 4 is 11.9 Å². The van der Waals surface area contributed by atoms with E-state index in [1.807, 2.05) is 25.9 Å². The largest absolute Gasteiger partial charge is 0.353 e. The van der Waals surface area contributed by atoms with E-state index in [2.05, 4.69) is 37.1 Å². The van der Waals surface area contributed by atoms with Crippen LogP contribution < -0.4 is 5.32 Å². The Balaban J connectivity index is 1.37. The number of imidazole rings is 1. The zero-order valence-corrected chi connectivity index (χ0v) is 23.5. The minimum absolute atomic E-state index is 0.0430. The summed E-state index contributed by atoms with van der Waals surface area (Å²) in [4.78, 5) is 36.6. The van der Waals surface area contributed by atoms with Gasteiger partial charge in [-0.2, -0.15) is 0 Å². The first-order valence-electron chi connectivity index (χ1n) is 13.5. The molecule has 0 unspecified atom stereocenters. The van der Waals surface area contributed by atoms with Crippen LogP contribution in [0.1, 0.15) is 19.0 Å². The van der Waals surface area contributed by atoms with Crippen molar-refractivity contribution in [3.8, 4) is 22.6 Å². The molecule has 3 aromatic rings. The van der Waals surface area contributed by atoms with Gasteiger partial charge in [-0.25, -0.2) is 19.3 Å². The molecule has 4 heterocycles. The van der Waals surface area contributed by atoms with Gasteiger partial charge >= 0.3 is 0 Å². The number of aromatic amines is 1. The second-order valence-corrected chi connectivity index (χ2v) is 11.0. The van der Waals surface area contributed by atoms with Gasteiger partial charge < -0.3 is 34.5 Å². The Kier molecular flexibility index (Phi) is 8.40. The SMILES string of the molecule is CN(C)CCNc1nccc(-c2[nH]c(C3OCC(C)(C(=O)N4CCN(C)CC4)CO3)nc2-c2ccc(F)cc2)n1. The van der Waals surface area contributed by atoms with Crippen LogP contribution in [0.15, 0.2) is 36.5 Å². The standard InChI is InChI=1S/C28H37FN8O3/c1-28(26(38)37-15-13-36(4)14-16-37)17-39-25(40-18-28)24-33-22(19-5-7-20(29)8-6-19)23(34-24)21-9-10-30-27(32-21)31-11-12-35(2)3/h5-10,25H,11-18H2,1-4H3,(H,33,34)(H,30,31,32). The first kappa shape index (κ1) is 28.1. The third kappa shape index (κ3) is 6.30. The quantitative estimate of drug-likeness (QED) is 0.435. The fourth-order valence-electron chi connectivity index (χ4n) is 4.76. The molecule has 2 aliphatic rings. The number of amides is 1. The molecule has 0 atom stereocenters. The lowest BCUT2D eigenvalue weighted by molar-refractivity contribution is -0.234. The molecular weight excluding hydrogens is 515 g/mol. The van der Waals surface area contributed by atoms with Crippen molar-refractivity contribution in [1.82, 2.24) is 34.6 Å². The molecule has 11 nitrogen and oxygen atoms in total. The summed E-state index contributed by atoms with van der Waals surface area (Å²) in [5, 5.41) is 3.24. The molecule has 12 heteroatoms. The number of hydrogen-bond acceptors (Lipinski definition) is 9. The van der Waals surface area contributed by atoms with E-state index >= 15 is 0 Å². The summed E-state index contributed by atoms with van der Waals surface area (Å²) < 4.78 is 25.9. The maximum Gasteiger partial charge on any atom is 0.233 e. The smallest absolute Gasteiger partial charge is 0.233 e. The number of nitrogens with one attached hydrogen (secondary N) is 2. The van der Waals surface area contributed by atoms with E-state index in [0.29, 0.717) is 54.1 Å². The number of likely N-dealkylation sites (N-methyl/N-ethyl adjacent to an activating group) is 2. The highest BCUT2D eigenvalue weighted by atomic mass is 19.1. The molecule has 0 radical (unpaired) electrons. The van der Waals surface area contributed by atoms with Crippen molar-refractivity contribution in [3.05, 3.63) is 48.2 Å². The third-order valence-electron chi connectivity index (χ3n) is 7.23. The molecule has 2 aromatic heterocycles. The van der Waals surface area contributed by atoms with E-state index in [1.165, 1.54) is 12.1 Å². The summed E-state index contributed by atoms with van der Waals surface area (Å²) in [5.74, 6) is 0.647. The number of carbonyl (C=O) groups excluding carboxylic acids is 1. The van der Waals surface area contributed by atoms with Gasteiger partial charge in [0.1, 0.15) is 5.82 Å². The van der Waals surface area contributed by atoms with Gasteiger partial charge in [-0.1, -0.05) is 0 Å². The van der Waals surface area contributed by atoms with E-state index < -0.39 is 11.7 Å². The number of hydrogen-bond donors (Lipinski definition) is 2. The molecule has 2 saturated heterocycles. The van der Waals surface area contributed by atoms with Crippen LogP contribution in [0.2, 0.25) is 0 Å². The Morgan fingerprint density at radius 2 is 1.82 bits per heavy atom. The predicted octanol–water partition coefficient (Wildman–Crippen LogP) is 2.47. The van der Waals surface area contributed by atoms with Crippen molar-refractivity contribution in [2.45, 2.75) is 13.2 Å². The fourth-order valence-corrected chi connectivity index (χ4v) is 4.76. The maximum atomic E-state index is 13.7. The summed E-state index contributed by atoms with van der Waals surface area (Å²) in [6, 6.07) is 7.92. The number of rotatable bonds is 8. The lowest BCUT2D eigenvalue weighted by Gasteiger charge is -2.41. The first-order chi connectivity index (χ1) is 19.2. The third-order valence-corrected chi connectivity index (χ3v) is 7.23. The highest BCUT2D eigenvalue weighted by molar-refractivity contribution is 5.83. The van der Waals surface area contributed by atoms with E-state index in [9.17, 15) is 9.18 Å². The number of anilines is 1. The van der Waals surface area contributed by atoms with Crippen molar-refractivity contribution in [1.29, 1.82) is 0 Å². The van der Waals surface area contributed by atoms with Crippen LogP contribution in [0.5, 0.6) is 0 Å². The second kappa shape index (κ2) is 12.0. The summed E-state index contributed by atoms with van der Waals surface area (Å²) in [6.45, 7) is 6.90. The summed E-state index contributed by atoms with van der Waals surface area (Å²) in [6.07, 6.45) is 0.888. The van der Waals surface area contributed by atoms with Gasteiger partial charge in [-0.15, -0.1) is 0 Å². The Morgan fingerprint density at radius 3 is 2.50 bits per heavy atom. The Labute approximate surface area is 233 Å². The molecule has 2 aliphatic heterocycles. The van der Waals surface area contributed by atoms with Gasteiger partial charge in [0.05, 0.1) is 35.7 Å².